The van der Waals surface area contributed by atoms with E-state index < -0.39 is 11.5 Å². The molecule has 0 aliphatic heterocycles. The molecule has 2 saturated carbocycles. The molecule has 118 valence electrons. The number of carbonyl (C=O) groups is 2. The van der Waals surface area contributed by atoms with Crippen molar-refractivity contribution >= 4 is 11.9 Å². The molecule has 2 aliphatic rings. The fourth-order valence-corrected chi connectivity index (χ4v) is 2.82. The van der Waals surface area contributed by atoms with Gasteiger partial charge in [-0.25, -0.2) is 4.79 Å². The van der Waals surface area contributed by atoms with Gasteiger partial charge < -0.3 is 15.2 Å². The minimum Gasteiger partial charge on any atom is -0.491 e. The first-order valence-electron chi connectivity index (χ1n) is 7.73. The summed E-state index contributed by atoms with van der Waals surface area (Å²) in [6, 6.07) is 9.01. The van der Waals surface area contributed by atoms with E-state index in [2.05, 4.69) is 5.32 Å². The third-order valence-corrected chi connectivity index (χ3v) is 4.55. The molecule has 0 spiro atoms. The Bertz CT molecular complexity index is 569. The van der Waals surface area contributed by atoms with Crippen LogP contribution < -0.4 is 10.1 Å². The molecule has 0 radical (unpaired) electrons. The number of benzene rings is 1. The predicted octanol–water partition coefficient (Wildman–Crippen LogP) is 2.07. The summed E-state index contributed by atoms with van der Waals surface area (Å²) in [5.41, 5.74) is -1.41. The highest BCUT2D eigenvalue weighted by Crippen LogP contribution is 2.54. The number of nitrogens with one attached hydrogen (secondary N) is 1. The van der Waals surface area contributed by atoms with Crippen molar-refractivity contribution in [1.82, 2.24) is 5.32 Å². The van der Waals surface area contributed by atoms with Crippen molar-refractivity contribution in [2.24, 2.45) is 17.8 Å². The third-order valence-electron chi connectivity index (χ3n) is 4.55. The van der Waals surface area contributed by atoms with E-state index in [1.54, 1.807) is 12.1 Å². The Morgan fingerprint density at radius 2 is 2.00 bits per heavy atom. The lowest BCUT2D eigenvalue weighted by atomic mass is 10.0. The SMILES string of the molecule is C[C@](COc1ccccc1)(NC(=O)[C@H]1C[C@@H]1C1CC1)C(=O)O. The van der Waals surface area contributed by atoms with Crippen molar-refractivity contribution in [2.75, 3.05) is 6.61 Å². The molecule has 5 nitrogen and oxygen atoms in total. The molecule has 2 aliphatic carbocycles. The molecule has 0 unspecified atom stereocenters. The molecule has 3 atom stereocenters. The molecule has 2 fully saturated rings. The summed E-state index contributed by atoms with van der Waals surface area (Å²) in [7, 11) is 0. The highest BCUT2D eigenvalue weighted by molar-refractivity contribution is 5.89. The Kier molecular flexibility index (Phi) is 3.81. The second-order valence-electron chi connectivity index (χ2n) is 6.57. The molecule has 1 aromatic rings. The van der Waals surface area contributed by atoms with Crippen LogP contribution in [0, 0.1) is 17.8 Å². The monoisotopic (exact) mass is 303 g/mol. The lowest BCUT2D eigenvalue weighted by Crippen LogP contribution is -2.56. The fraction of sp³-hybridized carbons (Fsp3) is 0.529. The van der Waals surface area contributed by atoms with Crippen LogP contribution in [0.5, 0.6) is 5.75 Å². The Morgan fingerprint density at radius 1 is 1.32 bits per heavy atom. The van der Waals surface area contributed by atoms with Crippen molar-refractivity contribution < 1.29 is 19.4 Å². The maximum atomic E-state index is 12.2. The smallest absolute Gasteiger partial charge is 0.332 e. The summed E-state index contributed by atoms with van der Waals surface area (Å²) in [6.07, 6.45) is 3.31. The maximum absolute atomic E-state index is 12.2. The number of carbonyl (C=O) groups excluding carboxylic acids is 1. The molecule has 1 amide bonds. The molecule has 3 rings (SSSR count). The highest BCUT2D eigenvalue weighted by Gasteiger charge is 2.52. The summed E-state index contributed by atoms with van der Waals surface area (Å²) in [5, 5.41) is 12.1. The minimum atomic E-state index is -1.41. The van der Waals surface area contributed by atoms with Crippen LogP contribution in [0.2, 0.25) is 0 Å². The van der Waals surface area contributed by atoms with Gasteiger partial charge in [0.1, 0.15) is 12.4 Å². The van der Waals surface area contributed by atoms with Gasteiger partial charge in [0, 0.05) is 5.92 Å². The molecule has 0 saturated heterocycles. The van der Waals surface area contributed by atoms with Crippen LogP contribution >= 0.6 is 0 Å². The first-order chi connectivity index (χ1) is 10.5. The average molecular weight is 303 g/mol. The largest absolute Gasteiger partial charge is 0.491 e. The number of rotatable bonds is 7. The zero-order valence-corrected chi connectivity index (χ0v) is 12.6. The first-order valence-corrected chi connectivity index (χ1v) is 7.73. The number of carboxylic acid groups (broad SMARTS) is 1. The lowest BCUT2D eigenvalue weighted by Gasteiger charge is -2.26. The van der Waals surface area contributed by atoms with Gasteiger partial charge in [-0.05, 0) is 50.2 Å². The molecular formula is C17H21NO4. The van der Waals surface area contributed by atoms with Gasteiger partial charge in [-0.15, -0.1) is 0 Å². The number of carboxylic acids is 1. The highest BCUT2D eigenvalue weighted by atomic mass is 16.5. The Morgan fingerprint density at radius 3 is 2.59 bits per heavy atom. The summed E-state index contributed by atoms with van der Waals surface area (Å²) in [4.78, 5) is 23.8. The summed E-state index contributed by atoms with van der Waals surface area (Å²) < 4.78 is 5.52. The maximum Gasteiger partial charge on any atom is 0.332 e. The van der Waals surface area contributed by atoms with Crippen LogP contribution in [0.3, 0.4) is 0 Å². The molecule has 5 heteroatoms. The average Bonchev–Trinajstić information content (AvgIpc) is 3.38. The molecular weight excluding hydrogens is 282 g/mol. The number of aliphatic carboxylic acids is 1. The molecule has 1 aromatic carbocycles. The van der Waals surface area contributed by atoms with Crippen molar-refractivity contribution in [3.8, 4) is 5.75 Å². The van der Waals surface area contributed by atoms with E-state index >= 15 is 0 Å². The van der Waals surface area contributed by atoms with Crippen molar-refractivity contribution in [3.63, 3.8) is 0 Å². The number of amides is 1. The van der Waals surface area contributed by atoms with Crippen LogP contribution in [0.1, 0.15) is 26.2 Å². The van der Waals surface area contributed by atoms with Crippen LogP contribution in [-0.2, 0) is 9.59 Å². The second kappa shape index (κ2) is 5.63. The molecule has 0 aromatic heterocycles. The lowest BCUT2D eigenvalue weighted by molar-refractivity contribution is -0.148. The zero-order valence-electron chi connectivity index (χ0n) is 12.6. The van der Waals surface area contributed by atoms with E-state index in [0.29, 0.717) is 17.6 Å². The van der Waals surface area contributed by atoms with Crippen LogP contribution in [-0.4, -0.2) is 29.1 Å². The van der Waals surface area contributed by atoms with E-state index in [1.807, 2.05) is 18.2 Å². The summed E-state index contributed by atoms with van der Waals surface area (Å²) in [6.45, 7) is 1.39. The fourth-order valence-electron chi connectivity index (χ4n) is 2.82. The zero-order chi connectivity index (χ0) is 15.7. The molecule has 22 heavy (non-hydrogen) atoms. The van der Waals surface area contributed by atoms with E-state index in [9.17, 15) is 14.7 Å². The van der Waals surface area contributed by atoms with Gasteiger partial charge in [-0.3, -0.25) is 4.79 Å². The minimum absolute atomic E-state index is 0.0112. The third kappa shape index (κ3) is 3.24. The van der Waals surface area contributed by atoms with E-state index in [4.69, 9.17) is 4.74 Å². The van der Waals surface area contributed by atoms with E-state index in [0.717, 1.165) is 6.42 Å². The Balaban J connectivity index is 1.58. The van der Waals surface area contributed by atoms with Gasteiger partial charge in [-0.2, -0.15) is 0 Å². The van der Waals surface area contributed by atoms with Gasteiger partial charge in [-0.1, -0.05) is 18.2 Å². The Hall–Kier alpha value is -2.04. The van der Waals surface area contributed by atoms with E-state index in [-0.39, 0.29) is 18.4 Å². The van der Waals surface area contributed by atoms with Crippen molar-refractivity contribution in [3.05, 3.63) is 30.3 Å². The summed E-state index contributed by atoms with van der Waals surface area (Å²) in [5.74, 6) is 0.494. The van der Waals surface area contributed by atoms with Crippen molar-refractivity contribution in [1.29, 1.82) is 0 Å². The number of hydrogen-bond donors (Lipinski definition) is 2. The molecule has 0 bridgehead atoms. The van der Waals surface area contributed by atoms with Crippen LogP contribution in [0.4, 0.5) is 0 Å². The van der Waals surface area contributed by atoms with Crippen LogP contribution in [0.15, 0.2) is 30.3 Å². The second-order valence-corrected chi connectivity index (χ2v) is 6.57. The normalized spacial score (nSPS) is 25.9. The Labute approximate surface area is 129 Å². The van der Waals surface area contributed by atoms with E-state index in [1.165, 1.54) is 19.8 Å². The van der Waals surface area contributed by atoms with Gasteiger partial charge in [0.25, 0.3) is 0 Å². The number of para-hydroxylation sites is 1. The predicted molar refractivity (Wildman–Crippen MR) is 80.4 cm³/mol. The van der Waals surface area contributed by atoms with Gasteiger partial charge in [0.2, 0.25) is 5.91 Å². The first kappa shape index (κ1) is 14.9. The molecule has 0 heterocycles. The standard InChI is InChI=1S/C17H21NO4/c1-17(16(20)21,10-22-12-5-3-2-4-6-12)18-15(19)14-9-13(14)11-7-8-11/h2-6,11,13-14H,7-10H2,1H3,(H,18,19)(H,20,21)/t13-,14+,17-/m1/s1. The van der Waals surface area contributed by atoms with Gasteiger partial charge >= 0.3 is 5.97 Å². The van der Waals surface area contributed by atoms with Crippen molar-refractivity contribution in [2.45, 2.75) is 31.7 Å². The quantitative estimate of drug-likeness (QED) is 0.808. The number of ether oxygens (including phenoxy) is 1. The topological polar surface area (TPSA) is 75.6 Å². The number of hydrogen-bond acceptors (Lipinski definition) is 3. The van der Waals surface area contributed by atoms with Gasteiger partial charge in [0.05, 0.1) is 0 Å². The van der Waals surface area contributed by atoms with Gasteiger partial charge in [0.15, 0.2) is 5.54 Å². The summed E-state index contributed by atoms with van der Waals surface area (Å²) >= 11 is 0. The molecule has 2 N–H and O–H groups in total. The van der Waals surface area contributed by atoms with Crippen LogP contribution in [0.25, 0.3) is 0 Å².